The number of piperidine rings is 1. The Balaban J connectivity index is 1.71. The molecule has 1 N–H and O–H groups in total. The van der Waals surface area contributed by atoms with Crippen molar-refractivity contribution < 1.29 is 9.59 Å². The summed E-state index contributed by atoms with van der Waals surface area (Å²) in [5, 5.41) is 2.77. The van der Waals surface area contributed by atoms with Crippen LogP contribution in [0, 0.1) is 0 Å². The van der Waals surface area contributed by atoms with Gasteiger partial charge < -0.3 is 15.1 Å². The molecule has 6 heteroatoms. The Kier molecular flexibility index (Phi) is 4.74. The second-order valence-electron chi connectivity index (χ2n) is 5.77. The van der Waals surface area contributed by atoms with Crippen LogP contribution < -0.4 is 10.2 Å². The van der Waals surface area contributed by atoms with Crippen molar-refractivity contribution in [3.8, 4) is 0 Å². The number of anilines is 2. The second-order valence-corrected chi connectivity index (χ2v) is 5.77. The molecule has 2 heterocycles. The van der Waals surface area contributed by atoms with Gasteiger partial charge in [0.15, 0.2) is 0 Å². The highest BCUT2D eigenvalue weighted by molar-refractivity contribution is 6.01. The third-order valence-corrected chi connectivity index (χ3v) is 4.18. The van der Waals surface area contributed by atoms with Gasteiger partial charge in [0.25, 0.3) is 0 Å². The molecule has 124 valence electrons. The molecule has 1 aliphatic rings. The van der Waals surface area contributed by atoms with Crippen molar-refractivity contribution in [3.63, 3.8) is 0 Å². The summed E-state index contributed by atoms with van der Waals surface area (Å²) in [4.78, 5) is 32.4. The topological polar surface area (TPSA) is 65.5 Å². The minimum atomic E-state index is -0.462. The predicted octanol–water partition coefficient (Wildman–Crippen LogP) is 2.74. The van der Waals surface area contributed by atoms with Gasteiger partial charge in [-0.1, -0.05) is 18.2 Å². The van der Waals surface area contributed by atoms with E-state index in [1.807, 2.05) is 30.3 Å². The fourth-order valence-electron chi connectivity index (χ4n) is 2.87. The third kappa shape index (κ3) is 3.37. The molecule has 1 aromatic heterocycles. The second kappa shape index (κ2) is 7.12. The molecule has 24 heavy (non-hydrogen) atoms. The van der Waals surface area contributed by atoms with Gasteiger partial charge in [-0.3, -0.25) is 9.78 Å². The van der Waals surface area contributed by atoms with Crippen LogP contribution in [0.4, 0.5) is 16.2 Å². The van der Waals surface area contributed by atoms with E-state index < -0.39 is 6.04 Å². The Hall–Kier alpha value is -2.89. The summed E-state index contributed by atoms with van der Waals surface area (Å²) in [6.45, 7) is 0.678. The molecule has 1 atom stereocenters. The molecule has 0 saturated carbocycles. The number of likely N-dealkylation sites (N-methyl/N-ethyl adjacent to an activating group) is 1. The molecule has 0 aliphatic carbocycles. The summed E-state index contributed by atoms with van der Waals surface area (Å²) in [6.07, 6.45) is 4.74. The number of aromatic nitrogens is 1. The summed E-state index contributed by atoms with van der Waals surface area (Å²) in [6, 6.07) is 12.3. The van der Waals surface area contributed by atoms with Crippen LogP contribution in [-0.2, 0) is 4.79 Å². The van der Waals surface area contributed by atoms with Gasteiger partial charge in [0.05, 0.1) is 11.9 Å². The fourth-order valence-corrected chi connectivity index (χ4v) is 2.87. The highest BCUT2D eigenvalue weighted by Crippen LogP contribution is 2.23. The molecule has 1 fully saturated rings. The number of pyridine rings is 1. The fraction of sp³-hybridized carbons (Fsp3) is 0.278. The zero-order valence-electron chi connectivity index (χ0n) is 13.6. The van der Waals surface area contributed by atoms with E-state index in [2.05, 4.69) is 10.3 Å². The van der Waals surface area contributed by atoms with Crippen molar-refractivity contribution in [1.82, 2.24) is 9.88 Å². The molecule has 3 amide bonds. The maximum atomic E-state index is 12.8. The van der Waals surface area contributed by atoms with Gasteiger partial charge in [0.2, 0.25) is 5.91 Å². The molecule has 1 aromatic carbocycles. The number of hydrogen-bond acceptors (Lipinski definition) is 3. The van der Waals surface area contributed by atoms with Gasteiger partial charge in [-0.2, -0.15) is 0 Å². The number of hydrogen-bond donors (Lipinski definition) is 1. The van der Waals surface area contributed by atoms with Crippen molar-refractivity contribution in [1.29, 1.82) is 0 Å². The van der Waals surface area contributed by atoms with Gasteiger partial charge in [-0.15, -0.1) is 0 Å². The number of urea groups is 1. The highest BCUT2D eigenvalue weighted by atomic mass is 16.2. The first-order chi connectivity index (χ1) is 11.7. The molecular weight excluding hydrogens is 304 g/mol. The number of nitrogens with zero attached hydrogens (tertiary/aromatic N) is 3. The van der Waals surface area contributed by atoms with Crippen LogP contribution in [0.25, 0.3) is 0 Å². The van der Waals surface area contributed by atoms with Gasteiger partial charge in [0, 0.05) is 25.5 Å². The largest absolute Gasteiger partial charge is 0.322 e. The predicted molar refractivity (Wildman–Crippen MR) is 92.8 cm³/mol. The number of benzene rings is 1. The van der Waals surface area contributed by atoms with Crippen LogP contribution in [0.3, 0.4) is 0 Å². The van der Waals surface area contributed by atoms with E-state index >= 15 is 0 Å². The lowest BCUT2D eigenvalue weighted by Crippen LogP contribution is -2.53. The molecule has 0 spiro atoms. The molecule has 1 aliphatic heterocycles. The third-order valence-electron chi connectivity index (χ3n) is 4.18. The Morgan fingerprint density at radius 1 is 1.25 bits per heavy atom. The zero-order valence-corrected chi connectivity index (χ0v) is 13.6. The summed E-state index contributed by atoms with van der Waals surface area (Å²) >= 11 is 0. The van der Waals surface area contributed by atoms with E-state index in [0.717, 1.165) is 12.1 Å². The average molecular weight is 324 g/mol. The van der Waals surface area contributed by atoms with Crippen LogP contribution in [0.5, 0.6) is 0 Å². The van der Waals surface area contributed by atoms with E-state index in [1.165, 1.54) is 4.90 Å². The quantitative estimate of drug-likeness (QED) is 0.944. The Bertz CT molecular complexity index is 705. The normalized spacial score (nSPS) is 17.5. The minimum absolute atomic E-state index is 0.0451. The number of rotatable bonds is 3. The lowest BCUT2D eigenvalue weighted by atomic mass is 10.0. The molecule has 0 bridgehead atoms. The molecule has 0 radical (unpaired) electrons. The highest BCUT2D eigenvalue weighted by Gasteiger charge is 2.34. The van der Waals surface area contributed by atoms with Crippen molar-refractivity contribution in [2.75, 3.05) is 23.8 Å². The number of carbonyl (C=O) groups excluding carboxylic acids is 2. The van der Waals surface area contributed by atoms with Crippen molar-refractivity contribution in [2.24, 2.45) is 0 Å². The van der Waals surface area contributed by atoms with Gasteiger partial charge in [0.1, 0.15) is 6.04 Å². The summed E-state index contributed by atoms with van der Waals surface area (Å²) in [5.74, 6) is -0.0451. The van der Waals surface area contributed by atoms with E-state index in [1.54, 1.807) is 36.5 Å². The van der Waals surface area contributed by atoms with Crippen LogP contribution in [-0.4, -0.2) is 41.5 Å². The number of para-hydroxylation sites is 1. The van der Waals surface area contributed by atoms with E-state index in [-0.39, 0.29) is 11.9 Å². The van der Waals surface area contributed by atoms with Crippen molar-refractivity contribution in [3.05, 3.63) is 54.9 Å². The number of amides is 3. The van der Waals surface area contributed by atoms with Crippen LogP contribution in [0.2, 0.25) is 0 Å². The van der Waals surface area contributed by atoms with Crippen LogP contribution in [0.1, 0.15) is 12.8 Å². The van der Waals surface area contributed by atoms with E-state index in [4.69, 9.17) is 0 Å². The Morgan fingerprint density at radius 2 is 2.04 bits per heavy atom. The first-order valence-electron chi connectivity index (χ1n) is 7.97. The molecule has 2 aromatic rings. The maximum Gasteiger partial charge on any atom is 0.322 e. The molecule has 3 rings (SSSR count). The van der Waals surface area contributed by atoms with E-state index in [0.29, 0.717) is 18.7 Å². The van der Waals surface area contributed by atoms with Gasteiger partial charge in [-0.25, -0.2) is 4.79 Å². The maximum absolute atomic E-state index is 12.8. The first-order valence-corrected chi connectivity index (χ1v) is 7.97. The van der Waals surface area contributed by atoms with Crippen LogP contribution in [0.15, 0.2) is 54.9 Å². The molecule has 1 unspecified atom stereocenters. The summed E-state index contributed by atoms with van der Waals surface area (Å²) in [5.41, 5.74) is 1.48. The van der Waals surface area contributed by atoms with Gasteiger partial charge in [-0.05, 0) is 37.1 Å². The zero-order chi connectivity index (χ0) is 16.9. The minimum Gasteiger partial charge on any atom is -0.316 e. The monoisotopic (exact) mass is 324 g/mol. The van der Waals surface area contributed by atoms with E-state index in [9.17, 15) is 9.59 Å². The standard InChI is InChI=1S/C18H20N4O2/c1-21(18(24)20-14-7-5-11-19-13-14)16-10-6-12-22(17(16)23)15-8-3-2-4-9-15/h2-5,7-9,11,13,16H,6,10,12H2,1H3,(H,20,24). The Morgan fingerprint density at radius 3 is 2.75 bits per heavy atom. The molecular formula is C18H20N4O2. The summed E-state index contributed by atoms with van der Waals surface area (Å²) < 4.78 is 0. The van der Waals surface area contributed by atoms with Crippen LogP contribution >= 0.6 is 0 Å². The molecule has 6 nitrogen and oxygen atoms in total. The Labute approximate surface area is 141 Å². The lowest BCUT2D eigenvalue weighted by Gasteiger charge is -2.36. The summed E-state index contributed by atoms with van der Waals surface area (Å²) in [7, 11) is 1.66. The van der Waals surface area contributed by atoms with Crippen molar-refractivity contribution >= 4 is 23.3 Å². The first kappa shape index (κ1) is 16.0. The smallest absolute Gasteiger partial charge is 0.316 e. The SMILES string of the molecule is CN(C(=O)Nc1cccnc1)C1CCCN(c2ccccc2)C1=O. The number of nitrogens with one attached hydrogen (secondary N) is 1. The molecule has 1 saturated heterocycles. The average Bonchev–Trinajstić information content (AvgIpc) is 2.63. The lowest BCUT2D eigenvalue weighted by molar-refractivity contribution is -0.123. The van der Waals surface area contributed by atoms with Crippen molar-refractivity contribution in [2.45, 2.75) is 18.9 Å². The van der Waals surface area contributed by atoms with Gasteiger partial charge >= 0.3 is 6.03 Å². The number of carbonyl (C=O) groups is 2.